The largest absolute Gasteiger partial charge is 0.444 e. The maximum absolute atomic E-state index is 14.1. The SMILES string of the molecule is CC(C)(C)OC(=O)N1CCC(CN)(c2cc(F)ccc2F)CC1. The van der Waals surface area contributed by atoms with Crippen LogP contribution in [0, 0.1) is 11.6 Å². The summed E-state index contributed by atoms with van der Waals surface area (Å²) in [5, 5.41) is 0. The van der Waals surface area contributed by atoms with E-state index in [9.17, 15) is 13.6 Å². The van der Waals surface area contributed by atoms with Gasteiger partial charge in [-0.1, -0.05) is 0 Å². The molecular formula is C17H24F2N2O2. The van der Waals surface area contributed by atoms with Crippen LogP contribution in [0.3, 0.4) is 0 Å². The van der Waals surface area contributed by atoms with Gasteiger partial charge in [-0.3, -0.25) is 0 Å². The van der Waals surface area contributed by atoms with Gasteiger partial charge in [-0.25, -0.2) is 13.6 Å². The van der Waals surface area contributed by atoms with Crippen molar-refractivity contribution in [2.75, 3.05) is 19.6 Å². The number of carbonyl (C=O) groups excluding carboxylic acids is 1. The molecule has 2 N–H and O–H groups in total. The molecule has 0 saturated carbocycles. The summed E-state index contributed by atoms with van der Waals surface area (Å²) in [5.74, 6) is -0.939. The first-order valence-corrected chi connectivity index (χ1v) is 7.80. The molecule has 1 aromatic rings. The molecule has 1 saturated heterocycles. The van der Waals surface area contributed by atoms with Crippen LogP contribution < -0.4 is 5.73 Å². The smallest absolute Gasteiger partial charge is 0.410 e. The van der Waals surface area contributed by atoms with Crippen molar-refractivity contribution in [3.8, 4) is 0 Å². The third-order valence-corrected chi connectivity index (χ3v) is 4.26. The molecule has 1 heterocycles. The maximum atomic E-state index is 14.1. The molecule has 0 bridgehead atoms. The number of amides is 1. The van der Waals surface area contributed by atoms with E-state index in [1.807, 2.05) is 0 Å². The highest BCUT2D eigenvalue weighted by Crippen LogP contribution is 2.36. The van der Waals surface area contributed by atoms with Gasteiger partial charge >= 0.3 is 6.09 Å². The molecule has 1 amide bonds. The normalized spacial score (nSPS) is 17.9. The Morgan fingerprint density at radius 1 is 1.30 bits per heavy atom. The van der Waals surface area contributed by atoms with E-state index >= 15 is 0 Å². The lowest BCUT2D eigenvalue weighted by Crippen LogP contribution is -2.50. The first-order valence-electron chi connectivity index (χ1n) is 7.80. The fraction of sp³-hybridized carbons (Fsp3) is 0.588. The van der Waals surface area contributed by atoms with Gasteiger partial charge in [0.25, 0.3) is 0 Å². The van der Waals surface area contributed by atoms with Gasteiger partial charge in [0.05, 0.1) is 0 Å². The standard InChI is InChI=1S/C17H24F2N2O2/c1-16(2,3)23-15(22)21-8-6-17(11-20,7-9-21)13-10-12(18)4-5-14(13)19/h4-5,10H,6-9,11,20H2,1-3H3. The van der Waals surface area contributed by atoms with Crippen LogP contribution in [-0.2, 0) is 10.2 Å². The van der Waals surface area contributed by atoms with Crippen LogP contribution in [0.4, 0.5) is 13.6 Å². The van der Waals surface area contributed by atoms with Crippen LogP contribution in [0.2, 0.25) is 0 Å². The van der Waals surface area contributed by atoms with Gasteiger partial charge in [0.2, 0.25) is 0 Å². The van der Waals surface area contributed by atoms with Gasteiger partial charge in [0.15, 0.2) is 0 Å². The lowest BCUT2D eigenvalue weighted by molar-refractivity contribution is 0.0165. The minimum absolute atomic E-state index is 0.204. The molecule has 1 aliphatic rings. The Kier molecular flexibility index (Phi) is 4.94. The summed E-state index contributed by atoms with van der Waals surface area (Å²) >= 11 is 0. The molecule has 0 aromatic heterocycles. The predicted molar refractivity (Wildman–Crippen MR) is 84.1 cm³/mol. The summed E-state index contributed by atoms with van der Waals surface area (Å²) < 4.78 is 33.0. The number of halogens is 2. The highest BCUT2D eigenvalue weighted by molar-refractivity contribution is 5.68. The van der Waals surface area contributed by atoms with Gasteiger partial charge in [0.1, 0.15) is 17.2 Å². The van der Waals surface area contributed by atoms with Gasteiger partial charge < -0.3 is 15.4 Å². The molecule has 128 valence electrons. The Balaban J connectivity index is 2.14. The second-order valence-electron chi connectivity index (χ2n) is 7.08. The number of rotatable bonds is 2. The predicted octanol–water partition coefficient (Wildman–Crippen LogP) is 3.19. The van der Waals surface area contributed by atoms with Crippen molar-refractivity contribution < 1.29 is 18.3 Å². The summed E-state index contributed by atoms with van der Waals surface area (Å²) in [5.41, 5.74) is 4.97. The van der Waals surface area contributed by atoms with Crippen molar-refractivity contribution in [1.82, 2.24) is 4.90 Å². The molecule has 0 aliphatic carbocycles. The number of nitrogens with two attached hydrogens (primary N) is 1. The fourth-order valence-corrected chi connectivity index (χ4v) is 2.93. The summed E-state index contributed by atoms with van der Waals surface area (Å²) in [6.07, 6.45) is 0.564. The van der Waals surface area contributed by atoms with Crippen LogP contribution >= 0.6 is 0 Å². The van der Waals surface area contributed by atoms with Gasteiger partial charge in [-0.2, -0.15) is 0 Å². The van der Waals surface area contributed by atoms with E-state index in [0.29, 0.717) is 31.5 Å². The number of ether oxygens (including phenoxy) is 1. The average molecular weight is 326 g/mol. The zero-order valence-corrected chi connectivity index (χ0v) is 13.9. The van der Waals surface area contributed by atoms with E-state index < -0.39 is 22.7 Å². The first-order chi connectivity index (χ1) is 10.7. The van der Waals surface area contributed by atoms with Crippen LogP contribution in [0.15, 0.2) is 18.2 Å². The molecule has 4 nitrogen and oxygen atoms in total. The maximum Gasteiger partial charge on any atom is 0.410 e. The molecule has 6 heteroatoms. The number of benzene rings is 1. The molecule has 1 aliphatic heterocycles. The number of carbonyl (C=O) groups is 1. The molecule has 0 spiro atoms. The Hall–Kier alpha value is -1.69. The van der Waals surface area contributed by atoms with E-state index in [1.165, 1.54) is 6.07 Å². The van der Waals surface area contributed by atoms with E-state index in [4.69, 9.17) is 10.5 Å². The molecular weight excluding hydrogens is 302 g/mol. The minimum atomic E-state index is -0.648. The molecule has 1 aromatic carbocycles. The number of nitrogens with zero attached hydrogens (tertiary/aromatic N) is 1. The zero-order chi connectivity index (χ0) is 17.3. The highest BCUT2D eigenvalue weighted by atomic mass is 19.1. The number of likely N-dealkylation sites (tertiary alicyclic amines) is 1. The van der Waals surface area contributed by atoms with E-state index in [0.717, 1.165) is 12.1 Å². The third-order valence-electron chi connectivity index (χ3n) is 4.26. The second kappa shape index (κ2) is 6.43. The zero-order valence-electron chi connectivity index (χ0n) is 13.9. The molecule has 23 heavy (non-hydrogen) atoms. The van der Waals surface area contributed by atoms with Crippen molar-refractivity contribution in [3.63, 3.8) is 0 Å². The molecule has 0 radical (unpaired) electrons. The Bertz CT molecular complexity index is 576. The van der Waals surface area contributed by atoms with Crippen molar-refractivity contribution in [3.05, 3.63) is 35.4 Å². The van der Waals surface area contributed by atoms with E-state index in [2.05, 4.69) is 0 Å². The van der Waals surface area contributed by atoms with Crippen LogP contribution in [0.1, 0.15) is 39.2 Å². The molecule has 1 fully saturated rings. The van der Waals surface area contributed by atoms with Crippen LogP contribution in [0.5, 0.6) is 0 Å². The number of hydrogen-bond acceptors (Lipinski definition) is 3. The quantitative estimate of drug-likeness (QED) is 0.908. The Morgan fingerprint density at radius 3 is 2.43 bits per heavy atom. The first kappa shape index (κ1) is 17.7. The monoisotopic (exact) mass is 326 g/mol. The topological polar surface area (TPSA) is 55.6 Å². The lowest BCUT2D eigenvalue weighted by Gasteiger charge is -2.41. The summed E-state index contributed by atoms with van der Waals surface area (Å²) in [6.45, 7) is 6.43. The molecule has 0 unspecified atom stereocenters. The average Bonchev–Trinajstić information content (AvgIpc) is 2.48. The van der Waals surface area contributed by atoms with Gasteiger partial charge in [-0.05, 0) is 57.4 Å². The van der Waals surface area contributed by atoms with Crippen molar-refractivity contribution in [1.29, 1.82) is 0 Å². The summed E-state index contributed by atoms with van der Waals surface area (Å²) in [7, 11) is 0. The molecule has 0 atom stereocenters. The van der Waals surface area contributed by atoms with Gasteiger partial charge in [-0.15, -0.1) is 0 Å². The third kappa shape index (κ3) is 3.99. The van der Waals surface area contributed by atoms with Gasteiger partial charge in [0, 0.05) is 25.0 Å². The van der Waals surface area contributed by atoms with Crippen molar-refractivity contribution in [2.24, 2.45) is 5.73 Å². The Labute approximate surface area is 135 Å². The van der Waals surface area contributed by atoms with E-state index in [-0.39, 0.29) is 12.6 Å². The summed E-state index contributed by atoms with van der Waals surface area (Å²) in [4.78, 5) is 13.7. The van der Waals surface area contributed by atoms with Crippen LogP contribution in [-0.4, -0.2) is 36.2 Å². The summed E-state index contributed by atoms with van der Waals surface area (Å²) in [6, 6.07) is 3.44. The molecule has 2 rings (SSSR count). The fourth-order valence-electron chi connectivity index (χ4n) is 2.93. The second-order valence-corrected chi connectivity index (χ2v) is 7.08. The number of hydrogen-bond donors (Lipinski definition) is 1. The number of piperidine rings is 1. The Morgan fingerprint density at radius 2 is 1.91 bits per heavy atom. The van der Waals surface area contributed by atoms with Crippen LogP contribution in [0.25, 0.3) is 0 Å². The highest BCUT2D eigenvalue weighted by Gasteiger charge is 2.39. The van der Waals surface area contributed by atoms with E-state index in [1.54, 1.807) is 25.7 Å². The lowest BCUT2D eigenvalue weighted by atomic mass is 9.72. The van der Waals surface area contributed by atoms with Crippen molar-refractivity contribution >= 4 is 6.09 Å². The minimum Gasteiger partial charge on any atom is -0.444 e. The van der Waals surface area contributed by atoms with Crippen molar-refractivity contribution in [2.45, 2.75) is 44.6 Å².